The van der Waals surface area contributed by atoms with E-state index in [1.807, 2.05) is 23.1 Å². The molecule has 1 atom stereocenters. The Morgan fingerprint density at radius 1 is 1.14 bits per heavy atom. The number of nitrogens with two attached hydrogens (primary N) is 1. The summed E-state index contributed by atoms with van der Waals surface area (Å²) in [4.78, 5) is 14.9. The molecule has 116 valence electrons. The highest BCUT2D eigenvalue weighted by Gasteiger charge is 2.34. The average molecular weight is 301 g/mol. The van der Waals surface area contributed by atoms with Crippen molar-refractivity contribution in [2.24, 2.45) is 5.73 Å². The summed E-state index contributed by atoms with van der Waals surface area (Å²) in [5, 5.41) is 0. The van der Waals surface area contributed by atoms with Crippen LogP contribution >= 0.6 is 0 Å². The first-order chi connectivity index (χ1) is 9.87. The quantitative estimate of drug-likeness (QED) is 0.914. The summed E-state index contributed by atoms with van der Waals surface area (Å²) < 4.78 is 37.1. The minimum Gasteiger partial charge on any atom is -0.368 e. The van der Waals surface area contributed by atoms with E-state index in [9.17, 15) is 18.0 Å². The van der Waals surface area contributed by atoms with Gasteiger partial charge in [-0.15, -0.1) is 0 Å². The molecule has 1 aliphatic heterocycles. The molecule has 1 amide bonds. The second-order valence-electron chi connectivity index (χ2n) is 5.14. The zero-order valence-corrected chi connectivity index (χ0v) is 11.5. The van der Waals surface area contributed by atoms with Crippen molar-refractivity contribution in [1.82, 2.24) is 9.80 Å². The molecule has 7 heteroatoms. The Morgan fingerprint density at radius 3 is 2.19 bits per heavy atom. The minimum absolute atomic E-state index is 0.274. The largest absolute Gasteiger partial charge is 0.401 e. The van der Waals surface area contributed by atoms with E-state index in [1.54, 1.807) is 12.1 Å². The zero-order valence-electron chi connectivity index (χ0n) is 11.5. The third-order valence-corrected chi connectivity index (χ3v) is 3.56. The third kappa shape index (κ3) is 4.44. The molecule has 1 heterocycles. The van der Waals surface area contributed by atoms with Crippen molar-refractivity contribution in [2.45, 2.75) is 12.2 Å². The maximum atomic E-state index is 12.4. The van der Waals surface area contributed by atoms with Crippen molar-refractivity contribution in [3.8, 4) is 0 Å². The SMILES string of the molecule is NC(=O)[C@@H](c1ccccc1)N1CCN(CC(F)(F)F)CC1. The van der Waals surface area contributed by atoms with Gasteiger partial charge >= 0.3 is 6.18 Å². The van der Waals surface area contributed by atoms with Crippen LogP contribution < -0.4 is 5.73 Å². The number of halogens is 3. The highest BCUT2D eigenvalue weighted by atomic mass is 19.4. The number of piperazine rings is 1. The fourth-order valence-corrected chi connectivity index (χ4v) is 2.62. The Morgan fingerprint density at radius 2 is 1.71 bits per heavy atom. The van der Waals surface area contributed by atoms with Crippen LogP contribution in [0.1, 0.15) is 11.6 Å². The second kappa shape index (κ2) is 6.44. The van der Waals surface area contributed by atoms with Crippen LogP contribution in [0.2, 0.25) is 0 Å². The minimum atomic E-state index is -4.19. The van der Waals surface area contributed by atoms with E-state index in [2.05, 4.69) is 0 Å². The Balaban J connectivity index is 2.00. The molecule has 0 unspecified atom stereocenters. The Bertz CT molecular complexity index is 470. The van der Waals surface area contributed by atoms with E-state index in [1.165, 1.54) is 4.90 Å². The fraction of sp³-hybridized carbons (Fsp3) is 0.500. The summed E-state index contributed by atoms with van der Waals surface area (Å²) in [6.07, 6.45) is -4.19. The first-order valence-electron chi connectivity index (χ1n) is 6.74. The molecule has 0 aliphatic carbocycles. The van der Waals surface area contributed by atoms with Gasteiger partial charge in [0.1, 0.15) is 6.04 Å². The Hall–Kier alpha value is -1.60. The van der Waals surface area contributed by atoms with Crippen molar-refractivity contribution in [3.05, 3.63) is 35.9 Å². The monoisotopic (exact) mass is 301 g/mol. The van der Waals surface area contributed by atoms with E-state index in [0.717, 1.165) is 5.56 Å². The van der Waals surface area contributed by atoms with Gasteiger partial charge in [-0.2, -0.15) is 13.2 Å². The van der Waals surface area contributed by atoms with Crippen molar-refractivity contribution in [1.29, 1.82) is 0 Å². The molecular weight excluding hydrogens is 283 g/mol. The molecule has 0 saturated carbocycles. The van der Waals surface area contributed by atoms with Crippen molar-refractivity contribution >= 4 is 5.91 Å². The van der Waals surface area contributed by atoms with Gasteiger partial charge in [0, 0.05) is 26.2 Å². The first-order valence-corrected chi connectivity index (χ1v) is 6.74. The maximum absolute atomic E-state index is 12.4. The van der Waals surface area contributed by atoms with E-state index in [4.69, 9.17) is 5.73 Å². The lowest BCUT2D eigenvalue weighted by atomic mass is 10.0. The first kappa shape index (κ1) is 15.8. The predicted octanol–water partition coefficient (Wildman–Crippen LogP) is 1.39. The van der Waals surface area contributed by atoms with Crippen LogP contribution in [0.4, 0.5) is 13.2 Å². The van der Waals surface area contributed by atoms with Crippen LogP contribution in [0.3, 0.4) is 0 Å². The van der Waals surface area contributed by atoms with Gasteiger partial charge < -0.3 is 5.73 Å². The molecule has 0 spiro atoms. The van der Waals surface area contributed by atoms with Gasteiger partial charge in [-0.25, -0.2) is 0 Å². The van der Waals surface area contributed by atoms with E-state index < -0.39 is 24.7 Å². The topological polar surface area (TPSA) is 49.6 Å². The number of amides is 1. The molecule has 1 fully saturated rings. The summed E-state index contributed by atoms with van der Waals surface area (Å²) in [6.45, 7) is 0.414. The number of hydrogen-bond acceptors (Lipinski definition) is 3. The standard InChI is InChI=1S/C14H18F3N3O/c15-14(16,17)10-19-6-8-20(9-7-19)12(13(18)21)11-4-2-1-3-5-11/h1-5,12H,6-10H2,(H2,18,21)/t12-/m1/s1. The van der Waals surface area contributed by atoms with Crippen LogP contribution in [0.25, 0.3) is 0 Å². The number of hydrogen-bond donors (Lipinski definition) is 1. The van der Waals surface area contributed by atoms with Crippen LogP contribution in [0, 0.1) is 0 Å². The van der Waals surface area contributed by atoms with Gasteiger partial charge in [0.25, 0.3) is 0 Å². The second-order valence-corrected chi connectivity index (χ2v) is 5.14. The molecule has 0 aromatic heterocycles. The van der Waals surface area contributed by atoms with Crippen molar-refractivity contribution < 1.29 is 18.0 Å². The lowest BCUT2D eigenvalue weighted by Gasteiger charge is -2.38. The molecule has 21 heavy (non-hydrogen) atoms. The van der Waals surface area contributed by atoms with Gasteiger partial charge in [-0.3, -0.25) is 14.6 Å². The summed E-state index contributed by atoms with van der Waals surface area (Å²) in [6, 6.07) is 8.48. The van der Waals surface area contributed by atoms with Crippen molar-refractivity contribution in [2.75, 3.05) is 32.7 Å². The molecule has 2 N–H and O–H groups in total. The highest BCUT2D eigenvalue weighted by molar-refractivity contribution is 5.81. The third-order valence-electron chi connectivity index (χ3n) is 3.56. The number of primary amides is 1. The average Bonchev–Trinajstić information content (AvgIpc) is 2.40. The maximum Gasteiger partial charge on any atom is 0.401 e. The molecule has 0 radical (unpaired) electrons. The molecule has 1 aromatic rings. The summed E-state index contributed by atoms with van der Waals surface area (Å²) in [5.41, 5.74) is 6.23. The van der Waals surface area contributed by atoms with Gasteiger partial charge in [0.15, 0.2) is 0 Å². The number of carbonyl (C=O) groups is 1. The summed E-state index contributed by atoms with van der Waals surface area (Å²) >= 11 is 0. The number of carbonyl (C=O) groups excluding carboxylic acids is 1. The van der Waals surface area contributed by atoms with Crippen LogP contribution in [-0.4, -0.2) is 54.6 Å². The van der Waals surface area contributed by atoms with Crippen LogP contribution in [-0.2, 0) is 4.79 Å². The van der Waals surface area contributed by atoms with E-state index in [-0.39, 0.29) is 13.1 Å². The highest BCUT2D eigenvalue weighted by Crippen LogP contribution is 2.23. The lowest BCUT2D eigenvalue weighted by molar-refractivity contribution is -0.151. The van der Waals surface area contributed by atoms with Gasteiger partial charge in [0.2, 0.25) is 5.91 Å². The number of rotatable bonds is 4. The molecule has 1 aromatic carbocycles. The molecule has 1 saturated heterocycles. The molecule has 0 bridgehead atoms. The number of benzene rings is 1. The number of alkyl halides is 3. The number of nitrogens with zero attached hydrogens (tertiary/aromatic N) is 2. The van der Waals surface area contributed by atoms with Gasteiger partial charge in [-0.05, 0) is 5.56 Å². The molecule has 1 aliphatic rings. The molecule has 2 rings (SSSR count). The van der Waals surface area contributed by atoms with E-state index >= 15 is 0 Å². The van der Waals surface area contributed by atoms with Gasteiger partial charge in [0.05, 0.1) is 6.54 Å². The molecular formula is C14H18F3N3O. The Labute approximate surface area is 121 Å². The summed E-state index contributed by atoms with van der Waals surface area (Å²) in [7, 11) is 0. The zero-order chi connectivity index (χ0) is 15.5. The van der Waals surface area contributed by atoms with Gasteiger partial charge in [-0.1, -0.05) is 30.3 Å². The van der Waals surface area contributed by atoms with E-state index in [0.29, 0.717) is 13.1 Å². The normalized spacial score (nSPS) is 19.4. The lowest BCUT2D eigenvalue weighted by Crippen LogP contribution is -2.52. The summed E-state index contributed by atoms with van der Waals surface area (Å²) in [5.74, 6) is -0.481. The predicted molar refractivity (Wildman–Crippen MR) is 72.4 cm³/mol. The fourth-order valence-electron chi connectivity index (χ4n) is 2.62. The smallest absolute Gasteiger partial charge is 0.368 e. The van der Waals surface area contributed by atoms with Crippen LogP contribution in [0.15, 0.2) is 30.3 Å². The Kier molecular flexibility index (Phi) is 4.84. The van der Waals surface area contributed by atoms with Crippen molar-refractivity contribution in [3.63, 3.8) is 0 Å². The molecule has 4 nitrogen and oxygen atoms in total. The van der Waals surface area contributed by atoms with Crippen LogP contribution in [0.5, 0.6) is 0 Å².